The molecule has 0 amide bonds. The third kappa shape index (κ3) is 3.62. The summed E-state index contributed by atoms with van der Waals surface area (Å²) in [6.07, 6.45) is 0. The van der Waals surface area contributed by atoms with Crippen molar-refractivity contribution in [1.82, 2.24) is 0 Å². The van der Waals surface area contributed by atoms with Crippen LogP contribution in [0, 0.1) is 22.9 Å². The van der Waals surface area contributed by atoms with Gasteiger partial charge in [0.15, 0.2) is 24.0 Å². The Hall–Kier alpha value is -2.76. The molecule has 0 aliphatic heterocycles. The topological polar surface area (TPSA) is 69.4 Å². The zero-order valence-electron chi connectivity index (χ0n) is 11.2. The van der Waals surface area contributed by atoms with Gasteiger partial charge in [0.25, 0.3) is 5.69 Å². The van der Waals surface area contributed by atoms with Crippen LogP contribution in [0.3, 0.4) is 0 Å². The van der Waals surface area contributed by atoms with E-state index in [0.29, 0.717) is 0 Å². The predicted octanol–water partition coefficient (Wildman–Crippen LogP) is 3.30. The normalized spacial score (nSPS) is 10.2. The molecule has 2 rings (SSSR count). The van der Waals surface area contributed by atoms with Crippen LogP contribution in [-0.4, -0.2) is 17.3 Å². The van der Waals surface area contributed by atoms with Gasteiger partial charge >= 0.3 is 0 Å². The number of nitro groups is 1. The molecule has 0 fully saturated rings. The number of rotatable bonds is 5. The first kappa shape index (κ1) is 14.6. The molecule has 0 atom stereocenters. The van der Waals surface area contributed by atoms with E-state index in [0.717, 1.165) is 5.56 Å². The first-order valence-electron chi connectivity index (χ1n) is 6.14. The summed E-state index contributed by atoms with van der Waals surface area (Å²) in [4.78, 5) is 21.8. The molecular weight excluding hydrogens is 277 g/mol. The van der Waals surface area contributed by atoms with Gasteiger partial charge in [-0.05, 0) is 36.8 Å². The maximum Gasteiger partial charge on any atom is 0.269 e. The van der Waals surface area contributed by atoms with Crippen molar-refractivity contribution in [2.45, 2.75) is 6.92 Å². The monoisotopic (exact) mass is 289 g/mol. The zero-order valence-corrected chi connectivity index (χ0v) is 11.2. The Labute approximate surface area is 120 Å². The number of hydrogen-bond donors (Lipinski definition) is 0. The van der Waals surface area contributed by atoms with Crippen molar-refractivity contribution in [3.05, 3.63) is 69.5 Å². The van der Waals surface area contributed by atoms with Crippen LogP contribution >= 0.6 is 0 Å². The van der Waals surface area contributed by atoms with E-state index < -0.39 is 10.7 Å². The van der Waals surface area contributed by atoms with Crippen LogP contribution in [0.1, 0.15) is 15.9 Å². The molecule has 5 nitrogen and oxygen atoms in total. The highest BCUT2D eigenvalue weighted by atomic mass is 19.1. The maximum atomic E-state index is 13.5. The Bertz CT molecular complexity index is 683. The van der Waals surface area contributed by atoms with E-state index in [-0.39, 0.29) is 29.4 Å². The number of ketones is 1. The van der Waals surface area contributed by atoms with E-state index in [1.165, 1.54) is 36.4 Å². The average molecular weight is 289 g/mol. The molecular formula is C15H12FNO4. The first-order chi connectivity index (χ1) is 9.97. The van der Waals surface area contributed by atoms with Crippen molar-refractivity contribution < 1.29 is 18.8 Å². The number of aryl methyl sites for hydroxylation is 1. The molecule has 2 aromatic carbocycles. The quantitative estimate of drug-likeness (QED) is 0.481. The minimum Gasteiger partial charge on any atom is -0.482 e. The highest BCUT2D eigenvalue weighted by molar-refractivity contribution is 5.97. The van der Waals surface area contributed by atoms with Crippen molar-refractivity contribution in [3.8, 4) is 5.75 Å². The van der Waals surface area contributed by atoms with Crippen LogP contribution < -0.4 is 4.74 Å². The molecule has 0 aromatic heterocycles. The van der Waals surface area contributed by atoms with Gasteiger partial charge in [-0.2, -0.15) is 0 Å². The number of benzene rings is 2. The molecule has 0 saturated heterocycles. The lowest BCUT2D eigenvalue weighted by Gasteiger charge is -2.07. The van der Waals surface area contributed by atoms with Gasteiger partial charge in [-0.25, -0.2) is 4.39 Å². The number of ether oxygens (including phenoxy) is 1. The first-order valence-corrected chi connectivity index (χ1v) is 6.14. The molecule has 6 heteroatoms. The standard InChI is InChI=1S/C15H12FNO4/c1-10-2-7-13(16)15(8-10)21-9-14(18)11-3-5-12(6-4-11)17(19)20/h2-8H,9H2,1H3. The zero-order chi connectivity index (χ0) is 15.4. The second-order valence-electron chi connectivity index (χ2n) is 4.45. The van der Waals surface area contributed by atoms with Crippen LogP contribution in [0.4, 0.5) is 10.1 Å². The number of carbonyl (C=O) groups is 1. The van der Waals surface area contributed by atoms with Crippen LogP contribution in [0.15, 0.2) is 42.5 Å². The Morgan fingerprint density at radius 3 is 2.52 bits per heavy atom. The number of Topliss-reactive ketones (excluding diaryl/α,β-unsaturated/α-hetero) is 1. The van der Waals surface area contributed by atoms with Gasteiger partial charge in [-0.3, -0.25) is 14.9 Å². The van der Waals surface area contributed by atoms with Gasteiger partial charge in [-0.15, -0.1) is 0 Å². The van der Waals surface area contributed by atoms with Gasteiger partial charge in [-0.1, -0.05) is 6.07 Å². The minimum absolute atomic E-state index is 0.00487. The smallest absolute Gasteiger partial charge is 0.269 e. The summed E-state index contributed by atoms with van der Waals surface area (Å²) in [5.74, 6) is -0.923. The Kier molecular flexibility index (Phi) is 4.27. The fraction of sp³-hybridized carbons (Fsp3) is 0.133. The number of nitrogens with zero attached hydrogens (tertiary/aromatic N) is 1. The number of hydrogen-bond acceptors (Lipinski definition) is 4. The second kappa shape index (κ2) is 6.13. The summed E-state index contributed by atoms with van der Waals surface area (Å²) in [6.45, 7) is 1.45. The van der Waals surface area contributed by atoms with Crippen molar-refractivity contribution in [2.24, 2.45) is 0 Å². The van der Waals surface area contributed by atoms with Crippen LogP contribution in [0.2, 0.25) is 0 Å². The van der Waals surface area contributed by atoms with E-state index in [2.05, 4.69) is 0 Å². The molecule has 0 aliphatic rings. The number of nitro benzene ring substituents is 1. The van der Waals surface area contributed by atoms with Gasteiger partial charge in [0.05, 0.1) is 4.92 Å². The summed E-state index contributed by atoms with van der Waals surface area (Å²) in [5.41, 5.74) is 0.986. The fourth-order valence-electron chi connectivity index (χ4n) is 1.72. The van der Waals surface area contributed by atoms with Crippen molar-refractivity contribution in [2.75, 3.05) is 6.61 Å². The highest BCUT2D eigenvalue weighted by Gasteiger charge is 2.11. The number of non-ortho nitro benzene ring substituents is 1. The summed E-state index contributed by atoms with van der Waals surface area (Å²) < 4.78 is 18.6. The molecule has 21 heavy (non-hydrogen) atoms. The lowest BCUT2D eigenvalue weighted by molar-refractivity contribution is -0.384. The van der Waals surface area contributed by atoms with Crippen molar-refractivity contribution in [3.63, 3.8) is 0 Å². The molecule has 2 aromatic rings. The Morgan fingerprint density at radius 1 is 1.24 bits per heavy atom. The molecule has 108 valence electrons. The van der Waals surface area contributed by atoms with Crippen LogP contribution in [-0.2, 0) is 0 Å². The molecule has 0 saturated carbocycles. The van der Waals surface area contributed by atoms with Crippen LogP contribution in [0.25, 0.3) is 0 Å². The minimum atomic E-state index is -0.549. The SMILES string of the molecule is Cc1ccc(F)c(OCC(=O)c2ccc([N+](=O)[O-])cc2)c1. The molecule has 0 aliphatic carbocycles. The van der Waals surface area contributed by atoms with E-state index in [9.17, 15) is 19.3 Å². The van der Waals surface area contributed by atoms with Gasteiger partial charge < -0.3 is 4.74 Å². The summed E-state index contributed by atoms with van der Waals surface area (Å²) in [6, 6.07) is 9.52. The molecule has 0 spiro atoms. The van der Waals surface area contributed by atoms with Crippen molar-refractivity contribution in [1.29, 1.82) is 0 Å². The fourth-order valence-corrected chi connectivity index (χ4v) is 1.72. The molecule has 0 bridgehead atoms. The Balaban J connectivity index is 2.04. The van der Waals surface area contributed by atoms with E-state index >= 15 is 0 Å². The molecule has 0 radical (unpaired) electrons. The molecule has 0 N–H and O–H groups in total. The predicted molar refractivity (Wildman–Crippen MR) is 74.1 cm³/mol. The van der Waals surface area contributed by atoms with Crippen LogP contribution in [0.5, 0.6) is 5.75 Å². The summed E-state index contributed by atoms with van der Waals surface area (Å²) >= 11 is 0. The van der Waals surface area contributed by atoms with Crippen molar-refractivity contribution >= 4 is 11.5 Å². The molecule has 0 heterocycles. The van der Waals surface area contributed by atoms with E-state index in [1.54, 1.807) is 13.0 Å². The average Bonchev–Trinajstić information content (AvgIpc) is 2.48. The van der Waals surface area contributed by atoms with Gasteiger partial charge in [0.2, 0.25) is 0 Å². The lowest BCUT2D eigenvalue weighted by Crippen LogP contribution is -2.12. The number of halogens is 1. The maximum absolute atomic E-state index is 13.5. The third-order valence-corrected chi connectivity index (χ3v) is 2.85. The second-order valence-corrected chi connectivity index (χ2v) is 4.45. The van der Waals surface area contributed by atoms with Gasteiger partial charge in [0, 0.05) is 17.7 Å². The van der Waals surface area contributed by atoms with E-state index in [1.807, 2.05) is 0 Å². The lowest BCUT2D eigenvalue weighted by atomic mass is 10.1. The van der Waals surface area contributed by atoms with Gasteiger partial charge in [0.1, 0.15) is 0 Å². The summed E-state index contributed by atoms with van der Waals surface area (Å²) in [5, 5.41) is 10.5. The summed E-state index contributed by atoms with van der Waals surface area (Å²) in [7, 11) is 0. The largest absolute Gasteiger partial charge is 0.482 e. The Morgan fingerprint density at radius 2 is 1.90 bits per heavy atom. The number of carbonyl (C=O) groups excluding carboxylic acids is 1. The molecule has 0 unspecified atom stereocenters. The van der Waals surface area contributed by atoms with E-state index in [4.69, 9.17) is 4.74 Å². The highest BCUT2D eigenvalue weighted by Crippen LogP contribution is 2.19. The third-order valence-electron chi connectivity index (χ3n) is 2.85.